The standard InChI is InChI=1S/C15H16F6N2O/c1-12(22,10-5-3-2-4-6-10)11(24)23-8-7-13(9-23,14(16,17)18)15(19,20)21/h2-6H,7-9,22H2,1H3. The van der Waals surface area contributed by atoms with E-state index in [1.807, 2.05) is 0 Å². The van der Waals surface area contributed by atoms with Crippen LogP contribution in [0.5, 0.6) is 0 Å². The molecule has 2 rings (SSSR count). The maximum atomic E-state index is 13.1. The molecule has 0 aliphatic carbocycles. The molecule has 1 amide bonds. The van der Waals surface area contributed by atoms with E-state index in [-0.39, 0.29) is 0 Å². The second-order valence-electron chi connectivity index (χ2n) is 6.12. The van der Waals surface area contributed by atoms with E-state index in [4.69, 9.17) is 5.73 Å². The molecule has 3 nitrogen and oxygen atoms in total. The van der Waals surface area contributed by atoms with Crippen molar-refractivity contribution in [2.75, 3.05) is 13.1 Å². The number of hydrogen-bond acceptors (Lipinski definition) is 2. The molecule has 1 unspecified atom stereocenters. The zero-order valence-electron chi connectivity index (χ0n) is 12.7. The molecule has 1 atom stereocenters. The minimum absolute atomic E-state index is 0.312. The van der Waals surface area contributed by atoms with Crippen LogP contribution >= 0.6 is 0 Å². The van der Waals surface area contributed by atoms with E-state index in [0.29, 0.717) is 10.5 Å². The Morgan fingerprint density at radius 3 is 2.00 bits per heavy atom. The van der Waals surface area contributed by atoms with Gasteiger partial charge in [0, 0.05) is 13.1 Å². The summed E-state index contributed by atoms with van der Waals surface area (Å²) in [6.07, 6.45) is -12.2. The third-order valence-electron chi connectivity index (χ3n) is 4.46. The number of amides is 1. The first-order valence-electron chi connectivity index (χ1n) is 7.10. The van der Waals surface area contributed by atoms with Crippen molar-refractivity contribution in [3.8, 4) is 0 Å². The van der Waals surface area contributed by atoms with E-state index in [0.717, 1.165) is 0 Å². The van der Waals surface area contributed by atoms with Crippen molar-refractivity contribution in [3.63, 3.8) is 0 Å². The van der Waals surface area contributed by atoms with Gasteiger partial charge in [-0.3, -0.25) is 4.79 Å². The quantitative estimate of drug-likeness (QED) is 0.829. The van der Waals surface area contributed by atoms with Crippen LogP contribution in [-0.2, 0) is 10.3 Å². The summed E-state index contributed by atoms with van der Waals surface area (Å²) < 4.78 is 78.5. The highest BCUT2D eigenvalue weighted by molar-refractivity contribution is 5.87. The number of rotatable bonds is 2. The summed E-state index contributed by atoms with van der Waals surface area (Å²) in [5.74, 6) is -0.968. The summed E-state index contributed by atoms with van der Waals surface area (Å²) in [6.45, 7) is -0.859. The first kappa shape index (κ1) is 18.6. The van der Waals surface area contributed by atoms with Crippen LogP contribution < -0.4 is 5.73 Å². The minimum atomic E-state index is -5.50. The molecule has 134 valence electrons. The van der Waals surface area contributed by atoms with E-state index >= 15 is 0 Å². The molecular weight excluding hydrogens is 338 g/mol. The van der Waals surface area contributed by atoms with Crippen LogP contribution in [0.1, 0.15) is 18.9 Å². The van der Waals surface area contributed by atoms with E-state index in [9.17, 15) is 31.1 Å². The molecule has 0 radical (unpaired) electrons. The summed E-state index contributed by atoms with van der Waals surface area (Å²) in [5.41, 5.74) is 0.598. The van der Waals surface area contributed by atoms with Gasteiger partial charge in [0.05, 0.1) is 0 Å². The van der Waals surface area contributed by atoms with Gasteiger partial charge in [-0.1, -0.05) is 30.3 Å². The number of carbonyl (C=O) groups is 1. The molecule has 1 aliphatic rings. The number of nitrogens with two attached hydrogens (primary N) is 1. The SMILES string of the molecule is CC(N)(C(=O)N1CCC(C(F)(F)F)(C(F)(F)F)C1)c1ccccc1. The van der Waals surface area contributed by atoms with Crippen molar-refractivity contribution in [1.82, 2.24) is 4.90 Å². The van der Waals surface area contributed by atoms with Crippen LogP contribution in [0.2, 0.25) is 0 Å². The van der Waals surface area contributed by atoms with Gasteiger partial charge in [0.2, 0.25) is 5.91 Å². The largest absolute Gasteiger partial charge is 0.404 e. The number of likely N-dealkylation sites (tertiary alicyclic amines) is 1. The number of alkyl halides is 6. The van der Waals surface area contributed by atoms with Crippen LogP contribution in [0, 0.1) is 5.41 Å². The summed E-state index contributed by atoms with van der Waals surface area (Å²) in [4.78, 5) is 13.0. The molecule has 24 heavy (non-hydrogen) atoms. The molecule has 1 aliphatic heterocycles. The fourth-order valence-corrected chi connectivity index (χ4v) is 2.84. The number of carbonyl (C=O) groups excluding carboxylic acids is 1. The Kier molecular flexibility index (Phi) is 4.37. The maximum Gasteiger partial charge on any atom is 0.404 e. The molecule has 1 fully saturated rings. The van der Waals surface area contributed by atoms with E-state index in [2.05, 4.69) is 0 Å². The van der Waals surface area contributed by atoms with Gasteiger partial charge in [-0.15, -0.1) is 0 Å². The zero-order chi connectivity index (χ0) is 18.4. The van der Waals surface area contributed by atoms with Gasteiger partial charge < -0.3 is 10.6 Å². The third kappa shape index (κ3) is 2.85. The van der Waals surface area contributed by atoms with Crippen molar-refractivity contribution in [3.05, 3.63) is 35.9 Å². The minimum Gasteiger partial charge on any atom is -0.340 e. The predicted molar refractivity (Wildman–Crippen MR) is 73.7 cm³/mol. The van der Waals surface area contributed by atoms with Gasteiger partial charge in [-0.05, 0) is 18.9 Å². The number of benzene rings is 1. The summed E-state index contributed by atoms with van der Waals surface area (Å²) in [7, 11) is 0. The van der Waals surface area contributed by atoms with E-state index in [1.165, 1.54) is 19.1 Å². The normalized spacial score (nSPS) is 20.8. The zero-order valence-corrected chi connectivity index (χ0v) is 12.7. The Labute approximate surface area is 134 Å². The molecular formula is C15H16F6N2O. The van der Waals surface area contributed by atoms with Crippen molar-refractivity contribution < 1.29 is 31.1 Å². The predicted octanol–water partition coefficient (Wildman–Crippen LogP) is 3.20. The molecule has 0 saturated carbocycles. The monoisotopic (exact) mass is 354 g/mol. The van der Waals surface area contributed by atoms with Crippen LogP contribution in [-0.4, -0.2) is 36.2 Å². The number of halogens is 6. The smallest absolute Gasteiger partial charge is 0.340 e. The van der Waals surface area contributed by atoms with Gasteiger partial charge in [0.25, 0.3) is 0 Å². The Morgan fingerprint density at radius 1 is 1.08 bits per heavy atom. The Hall–Kier alpha value is -1.77. The first-order valence-corrected chi connectivity index (χ1v) is 7.10. The van der Waals surface area contributed by atoms with Crippen LogP contribution in [0.4, 0.5) is 26.3 Å². The third-order valence-corrected chi connectivity index (χ3v) is 4.46. The lowest BCUT2D eigenvalue weighted by molar-refractivity contribution is -0.335. The summed E-state index contributed by atoms with van der Waals surface area (Å²) >= 11 is 0. The Morgan fingerprint density at radius 2 is 1.58 bits per heavy atom. The lowest BCUT2D eigenvalue weighted by atomic mass is 9.85. The van der Waals surface area contributed by atoms with Crippen molar-refractivity contribution >= 4 is 5.91 Å². The molecule has 2 N–H and O–H groups in total. The van der Waals surface area contributed by atoms with Crippen molar-refractivity contribution in [2.24, 2.45) is 11.1 Å². The lowest BCUT2D eigenvalue weighted by Gasteiger charge is -2.35. The lowest BCUT2D eigenvalue weighted by Crippen LogP contribution is -2.55. The summed E-state index contributed by atoms with van der Waals surface area (Å²) in [5, 5.41) is 0. The fourth-order valence-electron chi connectivity index (χ4n) is 2.84. The van der Waals surface area contributed by atoms with Gasteiger partial charge in [-0.25, -0.2) is 0 Å². The molecule has 1 aromatic rings. The first-order chi connectivity index (χ1) is 10.8. The van der Waals surface area contributed by atoms with Crippen molar-refractivity contribution in [2.45, 2.75) is 31.2 Å². The van der Waals surface area contributed by atoms with Crippen LogP contribution in [0.15, 0.2) is 30.3 Å². The summed E-state index contributed by atoms with van der Waals surface area (Å²) in [6, 6.07) is 7.79. The van der Waals surface area contributed by atoms with Gasteiger partial charge in [0.15, 0.2) is 5.41 Å². The van der Waals surface area contributed by atoms with Gasteiger partial charge in [-0.2, -0.15) is 26.3 Å². The maximum absolute atomic E-state index is 13.1. The Bertz CT molecular complexity index is 595. The van der Waals surface area contributed by atoms with Crippen LogP contribution in [0.25, 0.3) is 0 Å². The molecule has 0 aromatic heterocycles. The Balaban J connectivity index is 2.31. The highest BCUT2D eigenvalue weighted by Gasteiger charge is 2.73. The number of hydrogen-bond donors (Lipinski definition) is 1. The van der Waals surface area contributed by atoms with Crippen molar-refractivity contribution in [1.29, 1.82) is 0 Å². The average molecular weight is 354 g/mol. The highest BCUT2D eigenvalue weighted by atomic mass is 19.4. The van der Waals surface area contributed by atoms with Gasteiger partial charge >= 0.3 is 12.4 Å². The topological polar surface area (TPSA) is 46.3 Å². The van der Waals surface area contributed by atoms with Gasteiger partial charge in [0.1, 0.15) is 5.54 Å². The van der Waals surface area contributed by atoms with E-state index < -0.39 is 48.7 Å². The average Bonchev–Trinajstić information content (AvgIpc) is 2.93. The molecule has 9 heteroatoms. The second kappa shape index (κ2) is 5.65. The second-order valence-corrected chi connectivity index (χ2v) is 6.12. The molecule has 0 bridgehead atoms. The molecule has 1 saturated heterocycles. The molecule has 1 heterocycles. The van der Waals surface area contributed by atoms with Crippen LogP contribution in [0.3, 0.4) is 0 Å². The molecule has 1 aromatic carbocycles. The number of nitrogens with zero attached hydrogens (tertiary/aromatic N) is 1. The fraction of sp³-hybridized carbons (Fsp3) is 0.533. The van der Waals surface area contributed by atoms with E-state index in [1.54, 1.807) is 18.2 Å². The molecule has 0 spiro atoms. The highest BCUT2D eigenvalue weighted by Crippen LogP contribution is 2.55.